The zero-order valence-electron chi connectivity index (χ0n) is 14.1. The van der Waals surface area contributed by atoms with Gasteiger partial charge in [-0.1, -0.05) is 0 Å². The summed E-state index contributed by atoms with van der Waals surface area (Å²) in [4.78, 5) is 30.3. The number of thiophene rings is 1. The van der Waals surface area contributed by atoms with Crippen molar-refractivity contribution in [3.05, 3.63) is 46.1 Å². The third-order valence-electron chi connectivity index (χ3n) is 4.14. The summed E-state index contributed by atoms with van der Waals surface area (Å²) >= 11 is 1.51. The maximum atomic E-state index is 12.7. The topological polar surface area (TPSA) is 80.3 Å². The van der Waals surface area contributed by atoms with Crippen LogP contribution in [0.15, 0.2) is 24.5 Å². The molecule has 0 bridgehead atoms. The SMILES string of the molecule is COCCNC(=O)c1c(NC(=O)c2cccnc2)sc2c1CCCC2. The molecule has 1 aliphatic rings. The summed E-state index contributed by atoms with van der Waals surface area (Å²) in [5.74, 6) is -0.407. The van der Waals surface area contributed by atoms with Gasteiger partial charge in [0.05, 0.1) is 17.7 Å². The quantitative estimate of drug-likeness (QED) is 0.777. The van der Waals surface area contributed by atoms with E-state index >= 15 is 0 Å². The number of ether oxygens (including phenoxy) is 1. The first-order chi connectivity index (χ1) is 12.2. The lowest BCUT2D eigenvalue weighted by atomic mass is 9.95. The lowest BCUT2D eigenvalue weighted by Gasteiger charge is -2.13. The first-order valence-corrected chi connectivity index (χ1v) is 9.15. The molecule has 0 spiro atoms. The molecular weight excluding hydrogens is 338 g/mol. The van der Waals surface area contributed by atoms with Crippen LogP contribution >= 0.6 is 11.3 Å². The van der Waals surface area contributed by atoms with Gasteiger partial charge in [-0.25, -0.2) is 0 Å². The van der Waals surface area contributed by atoms with Crippen LogP contribution in [0, 0.1) is 0 Å². The summed E-state index contributed by atoms with van der Waals surface area (Å²) < 4.78 is 4.99. The van der Waals surface area contributed by atoms with E-state index in [9.17, 15) is 9.59 Å². The normalized spacial score (nSPS) is 13.2. The Morgan fingerprint density at radius 1 is 1.28 bits per heavy atom. The summed E-state index contributed by atoms with van der Waals surface area (Å²) in [5.41, 5.74) is 2.15. The molecule has 25 heavy (non-hydrogen) atoms. The molecule has 1 aliphatic carbocycles. The van der Waals surface area contributed by atoms with Gasteiger partial charge in [0.1, 0.15) is 5.00 Å². The van der Waals surface area contributed by atoms with E-state index in [2.05, 4.69) is 15.6 Å². The molecule has 2 aromatic rings. The number of nitrogens with one attached hydrogen (secondary N) is 2. The van der Waals surface area contributed by atoms with E-state index in [1.807, 2.05) is 0 Å². The van der Waals surface area contributed by atoms with Gasteiger partial charge < -0.3 is 15.4 Å². The van der Waals surface area contributed by atoms with E-state index < -0.39 is 0 Å². The Labute approximate surface area is 150 Å². The van der Waals surface area contributed by atoms with Crippen LogP contribution in [0.25, 0.3) is 0 Å². The van der Waals surface area contributed by atoms with Gasteiger partial charge in [0.15, 0.2) is 0 Å². The summed E-state index contributed by atoms with van der Waals surface area (Å²) in [5, 5.41) is 6.39. The van der Waals surface area contributed by atoms with Gasteiger partial charge in [0, 0.05) is 30.9 Å². The highest BCUT2D eigenvalue weighted by Crippen LogP contribution is 2.38. The number of methoxy groups -OCH3 is 1. The summed E-state index contributed by atoms with van der Waals surface area (Å²) in [7, 11) is 1.60. The first-order valence-electron chi connectivity index (χ1n) is 8.33. The minimum atomic E-state index is -0.252. The van der Waals surface area contributed by atoms with Gasteiger partial charge in [-0.05, 0) is 43.4 Å². The third-order valence-corrected chi connectivity index (χ3v) is 5.35. The predicted molar refractivity (Wildman–Crippen MR) is 97.4 cm³/mol. The minimum Gasteiger partial charge on any atom is -0.383 e. The maximum Gasteiger partial charge on any atom is 0.257 e. The van der Waals surface area contributed by atoms with Crippen LogP contribution in [0.5, 0.6) is 0 Å². The van der Waals surface area contributed by atoms with Crippen LogP contribution in [0.4, 0.5) is 5.00 Å². The highest BCUT2D eigenvalue weighted by molar-refractivity contribution is 7.17. The molecule has 132 valence electrons. The molecule has 2 heterocycles. The van der Waals surface area contributed by atoms with E-state index in [1.54, 1.807) is 25.4 Å². The summed E-state index contributed by atoms with van der Waals surface area (Å²) in [6.45, 7) is 0.894. The molecule has 0 saturated carbocycles. The van der Waals surface area contributed by atoms with Crippen LogP contribution in [0.3, 0.4) is 0 Å². The number of nitrogens with zero attached hydrogens (tertiary/aromatic N) is 1. The number of hydrogen-bond donors (Lipinski definition) is 2. The Hall–Kier alpha value is -2.25. The second kappa shape index (κ2) is 8.22. The highest BCUT2D eigenvalue weighted by Gasteiger charge is 2.26. The van der Waals surface area contributed by atoms with Gasteiger partial charge in [0.2, 0.25) is 0 Å². The molecule has 2 amide bonds. The third kappa shape index (κ3) is 4.05. The zero-order chi connectivity index (χ0) is 17.6. The van der Waals surface area contributed by atoms with E-state index in [-0.39, 0.29) is 11.8 Å². The largest absolute Gasteiger partial charge is 0.383 e. The molecule has 0 fully saturated rings. The van der Waals surface area contributed by atoms with Gasteiger partial charge in [-0.3, -0.25) is 14.6 Å². The van der Waals surface area contributed by atoms with Crippen molar-refractivity contribution in [1.29, 1.82) is 0 Å². The van der Waals surface area contributed by atoms with Crippen molar-refractivity contribution in [2.24, 2.45) is 0 Å². The van der Waals surface area contributed by atoms with Gasteiger partial charge in [-0.15, -0.1) is 11.3 Å². The van der Waals surface area contributed by atoms with Crippen LogP contribution < -0.4 is 10.6 Å². The Morgan fingerprint density at radius 2 is 2.12 bits per heavy atom. The van der Waals surface area contributed by atoms with Crippen LogP contribution in [-0.4, -0.2) is 37.1 Å². The number of amides is 2. The van der Waals surface area contributed by atoms with Crippen molar-refractivity contribution < 1.29 is 14.3 Å². The molecule has 0 aliphatic heterocycles. The number of carbonyl (C=O) groups is 2. The van der Waals surface area contributed by atoms with Crippen molar-refractivity contribution in [2.45, 2.75) is 25.7 Å². The number of pyridine rings is 1. The molecule has 0 saturated heterocycles. The smallest absolute Gasteiger partial charge is 0.257 e. The molecule has 3 rings (SSSR count). The zero-order valence-corrected chi connectivity index (χ0v) is 14.9. The molecule has 6 nitrogen and oxygen atoms in total. The number of carbonyl (C=O) groups excluding carboxylic acids is 2. The molecule has 7 heteroatoms. The molecule has 0 atom stereocenters. The molecule has 2 N–H and O–H groups in total. The lowest BCUT2D eigenvalue weighted by molar-refractivity contribution is 0.0937. The molecule has 0 radical (unpaired) electrons. The number of rotatable bonds is 6. The van der Waals surface area contributed by atoms with Crippen molar-refractivity contribution in [2.75, 3.05) is 25.6 Å². The van der Waals surface area contributed by atoms with E-state index in [1.165, 1.54) is 22.4 Å². The molecule has 0 aromatic carbocycles. The number of aromatic nitrogens is 1. The van der Waals surface area contributed by atoms with E-state index in [0.717, 1.165) is 31.2 Å². The summed E-state index contributed by atoms with van der Waals surface area (Å²) in [6.07, 6.45) is 7.16. The fraction of sp³-hybridized carbons (Fsp3) is 0.389. The monoisotopic (exact) mass is 359 g/mol. The fourth-order valence-corrected chi connectivity index (χ4v) is 4.20. The highest BCUT2D eigenvalue weighted by atomic mass is 32.1. The van der Waals surface area contributed by atoms with Crippen LogP contribution in [0.2, 0.25) is 0 Å². The Bertz CT molecular complexity index is 758. The molecular formula is C18H21N3O3S. The van der Waals surface area contributed by atoms with E-state index in [0.29, 0.717) is 29.3 Å². The maximum absolute atomic E-state index is 12.7. The van der Waals surface area contributed by atoms with Gasteiger partial charge >= 0.3 is 0 Å². The van der Waals surface area contributed by atoms with Gasteiger partial charge in [-0.2, -0.15) is 0 Å². The average Bonchev–Trinajstić information content (AvgIpc) is 3.00. The number of anilines is 1. The van der Waals surface area contributed by atoms with Crippen LogP contribution in [0.1, 0.15) is 44.0 Å². The van der Waals surface area contributed by atoms with E-state index in [4.69, 9.17) is 4.74 Å². The lowest BCUT2D eigenvalue weighted by Crippen LogP contribution is -2.28. The molecule has 0 unspecified atom stereocenters. The van der Waals surface area contributed by atoms with Crippen molar-refractivity contribution in [1.82, 2.24) is 10.3 Å². The Kier molecular flexibility index (Phi) is 5.78. The predicted octanol–water partition coefficient (Wildman–Crippen LogP) is 2.65. The average molecular weight is 359 g/mol. The second-order valence-electron chi connectivity index (χ2n) is 5.86. The Morgan fingerprint density at radius 3 is 2.88 bits per heavy atom. The fourth-order valence-electron chi connectivity index (χ4n) is 2.92. The van der Waals surface area contributed by atoms with Gasteiger partial charge in [0.25, 0.3) is 11.8 Å². The minimum absolute atomic E-state index is 0.155. The standard InChI is InChI=1S/C18H21N3O3S/c1-24-10-9-20-17(23)15-13-6-2-3-7-14(13)25-18(15)21-16(22)12-5-4-8-19-11-12/h4-5,8,11H,2-3,6-7,9-10H2,1H3,(H,20,23)(H,21,22). The van der Waals surface area contributed by atoms with Crippen molar-refractivity contribution in [3.8, 4) is 0 Å². The number of fused-ring (bicyclic) bond motifs is 1. The number of aryl methyl sites for hydroxylation is 1. The Balaban J connectivity index is 1.86. The van der Waals surface area contributed by atoms with Crippen molar-refractivity contribution >= 4 is 28.2 Å². The second-order valence-corrected chi connectivity index (χ2v) is 6.96. The first kappa shape index (κ1) is 17.6. The van der Waals surface area contributed by atoms with Crippen LogP contribution in [-0.2, 0) is 17.6 Å². The van der Waals surface area contributed by atoms with Crippen molar-refractivity contribution in [3.63, 3.8) is 0 Å². The molecule has 2 aromatic heterocycles. The summed E-state index contributed by atoms with van der Waals surface area (Å²) in [6, 6.07) is 3.42. The number of hydrogen-bond acceptors (Lipinski definition) is 5.